The zero-order valence-electron chi connectivity index (χ0n) is 16.7. The second-order valence-corrected chi connectivity index (χ2v) is 7.06. The van der Waals surface area contributed by atoms with E-state index in [9.17, 15) is 18.8 Å². The molecule has 0 amide bonds. The summed E-state index contributed by atoms with van der Waals surface area (Å²) in [6.07, 6.45) is 0. The fraction of sp³-hybridized carbons (Fsp3) is 0.125. The lowest BCUT2D eigenvalue weighted by atomic mass is 9.92. The van der Waals surface area contributed by atoms with E-state index >= 15 is 0 Å². The smallest absolute Gasteiger partial charge is 0.366 e. The van der Waals surface area contributed by atoms with Gasteiger partial charge in [-0.3, -0.25) is 9.59 Å². The van der Waals surface area contributed by atoms with Crippen LogP contribution in [0.1, 0.15) is 15.9 Å². The fourth-order valence-corrected chi connectivity index (χ4v) is 3.07. The van der Waals surface area contributed by atoms with Gasteiger partial charge in [-0.1, -0.05) is 66.2 Å². The minimum Gasteiger partial charge on any atom is -0.438 e. The van der Waals surface area contributed by atoms with Gasteiger partial charge in [0.1, 0.15) is 18.2 Å². The van der Waals surface area contributed by atoms with E-state index in [1.54, 1.807) is 36.4 Å². The molecule has 0 radical (unpaired) electrons. The first-order valence-corrected chi connectivity index (χ1v) is 9.85. The first-order chi connectivity index (χ1) is 15.5. The summed E-state index contributed by atoms with van der Waals surface area (Å²) in [5.74, 6) is -3.38. The molecule has 0 N–H and O–H groups in total. The maximum atomic E-state index is 14.4. The van der Waals surface area contributed by atoms with Gasteiger partial charge >= 0.3 is 5.97 Å². The van der Waals surface area contributed by atoms with Crippen LogP contribution in [0.3, 0.4) is 0 Å². The van der Waals surface area contributed by atoms with Crippen LogP contribution < -0.4 is 4.74 Å². The molecule has 6 nitrogen and oxygen atoms in total. The molecule has 0 aliphatic carbocycles. The number of para-hydroxylation sites is 1. The van der Waals surface area contributed by atoms with Crippen LogP contribution in [0.15, 0.2) is 78.9 Å². The third kappa shape index (κ3) is 5.19. The van der Waals surface area contributed by atoms with E-state index in [0.717, 1.165) is 11.6 Å². The maximum absolute atomic E-state index is 14.4. The molecule has 1 atom stereocenters. The number of carbonyl (C=O) groups is 3. The number of hydrogen-bond donors (Lipinski definition) is 0. The molecule has 3 aromatic carbocycles. The molecule has 3 rings (SSSR count). The van der Waals surface area contributed by atoms with Crippen LogP contribution in [0.5, 0.6) is 5.75 Å². The van der Waals surface area contributed by atoms with Gasteiger partial charge in [0, 0.05) is 0 Å². The number of hydrogen-bond acceptors (Lipinski definition) is 6. The minimum atomic E-state index is -2.60. The quantitative estimate of drug-likeness (QED) is 0.148. The Bertz CT molecular complexity index is 1100. The highest BCUT2D eigenvalue weighted by Crippen LogP contribution is 2.28. The van der Waals surface area contributed by atoms with Crippen LogP contribution in [0.2, 0.25) is 5.02 Å². The summed E-state index contributed by atoms with van der Waals surface area (Å²) in [5, 5.41) is 0.0874. The van der Waals surface area contributed by atoms with Crippen LogP contribution in [0.4, 0.5) is 4.39 Å². The number of ketones is 1. The molecule has 0 aromatic heterocycles. The molecule has 0 spiro atoms. The van der Waals surface area contributed by atoms with Gasteiger partial charge in [0.25, 0.3) is 12.1 Å². The Kier molecular flexibility index (Phi) is 7.70. The van der Waals surface area contributed by atoms with E-state index in [-0.39, 0.29) is 23.9 Å². The first-order valence-electron chi connectivity index (χ1n) is 9.47. The molecule has 164 valence electrons. The van der Waals surface area contributed by atoms with E-state index in [0.29, 0.717) is 0 Å². The molecular weight excluding hydrogens is 439 g/mol. The Morgan fingerprint density at radius 1 is 0.938 bits per heavy atom. The number of carbonyl (C=O) groups excluding carboxylic acids is 3. The summed E-state index contributed by atoms with van der Waals surface area (Å²) < 4.78 is 30.2. The lowest BCUT2D eigenvalue weighted by Crippen LogP contribution is -2.55. The van der Waals surface area contributed by atoms with E-state index in [1.165, 1.54) is 30.3 Å². The van der Waals surface area contributed by atoms with Gasteiger partial charge in [-0.2, -0.15) is 0 Å². The molecule has 0 fully saturated rings. The molecule has 0 aliphatic heterocycles. The van der Waals surface area contributed by atoms with Crippen molar-refractivity contribution in [2.45, 2.75) is 12.2 Å². The van der Waals surface area contributed by atoms with Crippen LogP contribution in [0.25, 0.3) is 0 Å². The van der Waals surface area contributed by atoms with Gasteiger partial charge in [0.2, 0.25) is 5.78 Å². The highest BCUT2D eigenvalue weighted by Gasteiger charge is 2.52. The minimum absolute atomic E-state index is 0.00523. The molecule has 0 bridgehead atoms. The number of esters is 1. The molecule has 0 heterocycles. The molecule has 8 heteroatoms. The Balaban J connectivity index is 1.97. The molecule has 3 aromatic rings. The molecule has 1 unspecified atom stereocenters. The van der Waals surface area contributed by atoms with E-state index in [4.69, 9.17) is 25.8 Å². The van der Waals surface area contributed by atoms with Crippen LogP contribution in [-0.2, 0) is 25.7 Å². The maximum Gasteiger partial charge on any atom is 0.366 e. The summed E-state index contributed by atoms with van der Waals surface area (Å²) in [7, 11) is 0. The van der Waals surface area contributed by atoms with Crippen molar-refractivity contribution in [3.8, 4) is 5.75 Å². The molecule has 0 aliphatic rings. The topological polar surface area (TPSA) is 78.9 Å². The second kappa shape index (κ2) is 10.7. The third-order valence-electron chi connectivity index (χ3n) is 4.52. The zero-order valence-corrected chi connectivity index (χ0v) is 17.5. The largest absolute Gasteiger partial charge is 0.438 e. The van der Waals surface area contributed by atoms with Crippen molar-refractivity contribution in [3.63, 3.8) is 0 Å². The van der Waals surface area contributed by atoms with E-state index < -0.39 is 35.3 Å². The lowest BCUT2D eigenvalue weighted by molar-refractivity contribution is -0.168. The summed E-state index contributed by atoms with van der Waals surface area (Å²) >= 11 is 6.04. The number of Topliss-reactive ketones (excluding diaryl/α,β-unsaturated/α-hetero) is 1. The molecule has 32 heavy (non-hydrogen) atoms. The van der Waals surface area contributed by atoms with Gasteiger partial charge in [0.05, 0.1) is 17.2 Å². The Morgan fingerprint density at radius 2 is 1.59 bits per heavy atom. The van der Waals surface area contributed by atoms with E-state index in [2.05, 4.69) is 0 Å². The summed E-state index contributed by atoms with van der Waals surface area (Å²) in [5.41, 5.74) is -2.32. The van der Waals surface area contributed by atoms with Crippen molar-refractivity contribution in [3.05, 3.63) is 101 Å². The number of halogens is 2. The highest BCUT2D eigenvalue weighted by atomic mass is 35.5. The van der Waals surface area contributed by atoms with E-state index in [1.807, 2.05) is 6.07 Å². The van der Waals surface area contributed by atoms with Gasteiger partial charge in [-0.15, -0.1) is 0 Å². The van der Waals surface area contributed by atoms with Crippen molar-refractivity contribution in [1.29, 1.82) is 0 Å². The SMILES string of the molecule is O=COC(COCc1ccccc1)(C(=O)Oc1ccccc1Cl)C(=O)c1ccccc1F. The third-order valence-corrected chi connectivity index (χ3v) is 4.83. The predicted octanol–water partition coefficient (Wildman–Crippen LogP) is 4.40. The lowest BCUT2D eigenvalue weighted by Gasteiger charge is -2.28. The second-order valence-electron chi connectivity index (χ2n) is 6.65. The molecule has 0 saturated carbocycles. The zero-order chi connectivity index (χ0) is 23.0. The van der Waals surface area contributed by atoms with Gasteiger partial charge in [-0.25, -0.2) is 9.18 Å². The summed E-state index contributed by atoms with van der Waals surface area (Å²) in [6.45, 7) is -0.801. The monoisotopic (exact) mass is 456 g/mol. The van der Waals surface area contributed by atoms with Crippen molar-refractivity contribution in [2.24, 2.45) is 0 Å². The molecular formula is C24H18ClFO6. The first kappa shape index (κ1) is 23.1. The normalized spacial score (nSPS) is 12.4. The van der Waals surface area contributed by atoms with Crippen LogP contribution >= 0.6 is 11.6 Å². The summed E-state index contributed by atoms with van der Waals surface area (Å²) in [4.78, 5) is 37.8. The summed E-state index contributed by atoms with van der Waals surface area (Å²) in [6, 6.07) is 19.9. The highest BCUT2D eigenvalue weighted by molar-refractivity contribution is 6.32. The number of rotatable bonds is 10. The molecule has 0 saturated heterocycles. The van der Waals surface area contributed by atoms with Crippen molar-refractivity contribution >= 4 is 29.8 Å². The number of ether oxygens (including phenoxy) is 3. The predicted molar refractivity (Wildman–Crippen MR) is 114 cm³/mol. The van der Waals surface area contributed by atoms with Gasteiger partial charge < -0.3 is 14.2 Å². The average Bonchev–Trinajstić information content (AvgIpc) is 2.80. The fourth-order valence-electron chi connectivity index (χ4n) is 2.89. The van der Waals surface area contributed by atoms with Crippen molar-refractivity contribution < 1.29 is 33.0 Å². The standard InChI is InChI=1S/C24H18ClFO6/c25-19-11-5-7-13-21(19)32-23(29)24(31-16-27,15-30-14-17-8-2-1-3-9-17)22(28)18-10-4-6-12-20(18)26/h1-13,16H,14-15H2. The van der Waals surface area contributed by atoms with Crippen molar-refractivity contribution in [2.75, 3.05) is 6.61 Å². The average molecular weight is 457 g/mol. The van der Waals surface area contributed by atoms with Gasteiger partial charge in [0.15, 0.2) is 0 Å². The number of benzene rings is 3. The Morgan fingerprint density at radius 3 is 2.28 bits per heavy atom. The van der Waals surface area contributed by atoms with Crippen LogP contribution in [-0.4, -0.2) is 30.4 Å². The van der Waals surface area contributed by atoms with Gasteiger partial charge in [-0.05, 0) is 29.8 Å². The Labute approximate surface area is 188 Å². The van der Waals surface area contributed by atoms with Crippen LogP contribution in [0, 0.1) is 5.82 Å². The Hall–Kier alpha value is -3.55. The van der Waals surface area contributed by atoms with Crippen molar-refractivity contribution in [1.82, 2.24) is 0 Å².